The molecule has 18 heavy (non-hydrogen) atoms. The van der Waals surface area contributed by atoms with Crippen LogP contribution < -0.4 is 5.32 Å². The summed E-state index contributed by atoms with van der Waals surface area (Å²) in [5, 5.41) is 6.46. The molecule has 3 rings (SSSR count). The Morgan fingerprint density at radius 2 is 2.28 bits per heavy atom. The largest absolute Gasteiger partial charge is 0.360 e. The van der Waals surface area contributed by atoms with Gasteiger partial charge in [-0.05, 0) is 31.4 Å². The molecular formula is C13H13N3O2. The number of hydrogen-bond donors (Lipinski definition) is 1. The van der Waals surface area contributed by atoms with Crippen LogP contribution in [0.4, 0.5) is 5.82 Å². The highest BCUT2D eigenvalue weighted by molar-refractivity contribution is 6.02. The Morgan fingerprint density at radius 1 is 1.44 bits per heavy atom. The van der Waals surface area contributed by atoms with Crippen LogP contribution in [0.1, 0.15) is 40.6 Å². The number of carbonyl (C=O) groups is 1. The minimum Gasteiger partial charge on any atom is -0.360 e. The van der Waals surface area contributed by atoms with Crippen molar-refractivity contribution in [1.82, 2.24) is 10.1 Å². The highest BCUT2D eigenvalue weighted by Crippen LogP contribution is 2.40. The maximum absolute atomic E-state index is 11.9. The van der Waals surface area contributed by atoms with Gasteiger partial charge < -0.3 is 9.84 Å². The zero-order valence-corrected chi connectivity index (χ0v) is 10.0. The average molecular weight is 243 g/mol. The number of aryl methyl sites for hydroxylation is 1. The van der Waals surface area contributed by atoms with E-state index in [4.69, 9.17) is 4.52 Å². The molecule has 1 saturated carbocycles. The van der Waals surface area contributed by atoms with Gasteiger partial charge in [0.1, 0.15) is 11.6 Å². The van der Waals surface area contributed by atoms with Gasteiger partial charge in [-0.2, -0.15) is 0 Å². The topological polar surface area (TPSA) is 68.0 Å². The van der Waals surface area contributed by atoms with Crippen LogP contribution in [0.5, 0.6) is 0 Å². The first-order valence-corrected chi connectivity index (χ1v) is 5.93. The summed E-state index contributed by atoms with van der Waals surface area (Å²) in [6, 6.07) is 5.36. The van der Waals surface area contributed by atoms with Crippen molar-refractivity contribution in [3.63, 3.8) is 0 Å². The van der Waals surface area contributed by atoms with Crippen LogP contribution in [-0.2, 0) is 0 Å². The van der Waals surface area contributed by atoms with Gasteiger partial charge in [-0.1, -0.05) is 11.2 Å². The molecule has 0 saturated heterocycles. The smallest absolute Gasteiger partial charge is 0.279 e. The van der Waals surface area contributed by atoms with E-state index in [1.165, 1.54) is 0 Å². The Balaban J connectivity index is 1.71. The number of rotatable bonds is 3. The molecule has 0 aromatic carbocycles. The molecule has 2 aromatic rings. The van der Waals surface area contributed by atoms with Crippen molar-refractivity contribution >= 4 is 11.7 Å². The maximum atomic E-state index is 11.9. The zero-order valence-electron chi connectivity index (χ0n) is 10.0. The third-order valence-electron chi connectivity index (χ3n) is 2.89. The van der Waals surface area contributed by atoms with Crippen LogP contribution in [0.2, 0.25) is 0 Å². The fraction of sp³-hybridized carbons (Fsp3) is 0.308. The fourth-order valence-electron chi connectivity index (χ4n) is 1.68. The maximum Gasteiger partial charge on any atom is 0.279 e. The zero-order chi connectivity index (χ0) is 12.5. The van der Waals surface area contributed by atoms with Crippen LogP contribution in [-0.4, -0.2) is 16.0 Å². The van der Waals surface area contributed by atoms with Gasteiger partial charge in [0, 0.05) is 18.2 Å². The molecule has 1 N–H and O–H groups in total. The summed E-state index contributed by atoms with van der Waals surface area (Å²) >= 11 is 0. The summed E-state index contributed by atoms with van der Waals surface area (Å²) in [5.74, 6) is 1.48. The van der Waals surface area contributed by atoms with E-state index in [-0.39, 0.29) is 5.91 Å². The van der Waals surface area contributed by atoms with Crippen LogP contribution in [0, 0.1) is 6.92 Å². The summed E-state index contributed by atoms with van der Waals surface area (Å²) in [4.78, 5) is 16.0. The number of nitrogens with one attached hydrogen (secondary N) is 1. The molecule has 1 amide bonds. The molecule has 1 fully saturated rings. The number of nitrogens with zero attached hydrogens (tertiary/aromatic N) is 2. The molecule has 0 radical (unpaired) electrons. The Labute approximate surface area is 104 Å². The number of carbonyl (C=O) groups excluding carboxylic acids is 1. The van der Waals surface area contributed by atoms with Crippen molar-refractivity contribution in [2.45, 2.75) is 25.7 Å². The van der Waals surface area contributed by atoms with Gasteiger partial charge in [-0.25, -0.2) is 4.98 Å². The molecule has 0 bridgehead atoms. The van der Waals surface area contributed by atoms with Gasteiger partial charge in [0.25, 0.3) is 5.91 Å². The van der Waals surface area contributed by atoms with Gasteiger partial charge >= 0.3 is 0 Å². The van der Waals surface area contributed by atoms with Gasteiger partial charge in [0.2, 0.25) is 0 Å². The van der Waals surface area contributed by atoms with E-state index in [1.54, 1.807) is 18.3 Å². The molecule has 0 spiro atoms. The molecular weight excluding hydrogens is 230 g/mol. The lowest BCUT2D eigenvalue weighted by Gasteiger charge is -2.01. The molecule has 5 nitrogen and oxygen atoms in total. The number of anilines is 1. The van der Waals surface area contributed by atoms with Gasteiger partial charge in [-0.3, -0.25) is 4.79 Å². The predicted molar refractivity (Wildman–Crippen MR) is 65.4 cm³/mol. The van der Waals surface area contributed by atoms with Crippen LogP contribution >= 0.6 is 0 Å². The Hall–Kier alpha value is -2.17. The summed E-state index contributed by atoms with van der Waals surface area (Å²) in [5.41, 5.74) is 1.35. The third-order valence-corrected chi connectivity index (χ3v) is 2.89. The summed E-state index contributed by atoms with van der Waals surface area (Å²) in [6.07, 6.45) is 3.94. The second kappa shape index (κ2) is 4.25. The Bertz CT molecular complexity index is 570. The minimum atomic E-state index is -0.290. The Kier molecular flexibility index (Phi) is 2.59. The van der Waals surface area contributed by atoms with E-state index in [9.17, 15) is 4.79 Å². The van der Waals surface area contributed by atoms with Crippen LogP contribution in [0.3, 0.4) is 0 Å². The number of pyridine rings is 1. The van der Waals surface area contributed by atoms with Crippen molar-refractivity contribution in [2.75, 3.05) is 5.32 Å². The molecule has 0 atom stereocenters. The quantitative estimate of drug-likeness (QED) is 0.899. The lowest BCUT2D eigenvalue weighted by atomic mass is 10.2. The van der Waals surface area contributed by atoms with E-state index in [1.807, 2.05) is 13.0 Å². The average Bonchev–Trinajstić information content (AvgIpc) is 3.10. The molecule has 0 aliphatic heterocycles. The summed E-state index contributed by atoms with van der Waals surface area (Å²) < 4.78 is 5.14. The van der Waals surface area contributed by atoms with E-state index in [2.05, 4.69) is 15.5 Å². The fourth-order valence-corrected chi connectivity index (χ4v) is 1.68. The lowest BCUT2D eigenvalue weighted by molar-refractivity contribution is 0.101. The molecule has 1 aliphatic rings. The summed E-state index contributed by atoms with van der Waals surface area (Å²) in [6.45, 7) is 1.94. The first kappa shape index (κ1) is 11.0. The lowest BCUT2D eigenvalue weighted by Crippen LogP contribution is -2.13. The van der Waals surface area contributed by atoms with E-state index in [0.717, 1.165) is 24.2 Å². The third kappa shape index (κ3) is 2.25. The van der Waals surface area contributed by atoms with Gasteiger partial charge in [-0.15, -0.1) is 0 Å². The van der Waals surface area contributed by atoms with Gasteiger partial charge in [0.05, 0.1) is 0 Å². The molecule has 1 aliphatic carbocycles. The second-order valence-electron chi connectivity index (χ2n) is 4.56. The first-order valence-electron chi connectivity index (χ1n) is 5.93. The number of aromatic nitrogens is 2. The van der Waals surface area contributed by atoms with E-state index >= 15 is 0 Å². The Morgan fingerprint density at radius 3 is 2.94 bits per heavy atom. The van der Waals surface area contributed by atoms with Crippen molar-refractivity contribution in [1.29, 1.82) is 0 Å². The predicted octanol–water partition coefficient (Wildman–Crippen LogP) is 2.51. The molecule has 2 aromatic heterocycles. The van der Waals surface area contributed by atoms with Crippen LogP contribution in [0.25, 0.3) is 0 Å². The number of hydrogen-bond acceptors (Lipinski definition) is 4. The molecule has 5 heteroatoms. The van der Waals surface area contributed by atoms with E-state index in [0.29, 0.717) is 17.4 Å². The summed E-state index contributed by atoms with van der Waals surface area (Å²) in [7, 11) is 0. The first-order chi connectivity index (χ1) is 8.72. The SMILES string of the molecule is Cc1ccc(NC(=O)c2cc(C3CC3)on2)nc1. The van der Waals surface area contributed by atoms with Crippen LogP contribution in [0.15, 0.2) is 28.9 Å². The highest BCUT2D eigenvalue weighted by Gasteiger charge is 2.28. The standard InChI is InChI=1S/C13H13N3O2/c1-8-2-5-12(14-7-8)15-13(17)10-6-11(18-16-10)9-3-4-9/h2,5-7,9H,3-4H2,1H3,(H,14,15,17). The van der Waals surface area contributed by atoms with Crippen molar-refractivity contribution < 1.29 is 9.32 Å². The second-order valence-corrected chi connectivity index (χ2v) is 4.56. The van der Waals surface area contributed by atoms with Crippen molar-refractivity contribution in [3.05, 3.63) is 41.4 Å². The normalized spacial score (nSPS) is 14.5. The molecule has 92 valence electrons. The minimum absolute atomic E-state index is 0.290. The highest BCUT2D eigenvalue weighted by atomic mass is 16.5. The monoisotopic (exact) mass is 243 g/mol. The molecule has 0 unspecified atom stereocenters. The van der Waals surface area contributed by atoms with E-state index < -0.39 is 0 Å². The number of amides is 1. The van der Waals surface area contributed by atoms with Crippen molar-refractivity contribution in [2.24, 2.45) is 0 Å². The van der Waals surface area contributed by atoms with Gasteiger partial charge in [0.15, 0.2) is 5.69 Å². The van der Waals surface area contributed by atoms with Crippen molar-refractivity contribution in [3.8, 4) is 0 Å². The molecule has 2 heterocycles.